The molecule has 0 heterocycles. The number of urea groups is 1. The molecule has 0 atom stereocenters. The van der Waals surface area contributed by atoms with Crippen molar-refractivity contribution in [3.8, 4) is 5.75 Å². The van der Waals surface area contributed by atoms with E-state index in [9.17, 15) is 9.59 Å². The predicted octanol–water partition coefficient (Wildman–Crippen LogP) is 3.96. The number of amides is 3. The molecule has 0 saturated carbocycles. The van der Waals surface area contributed by atoms with Crippen LogP contribution in [0.15, 0.2) is 42.5 Å². The summed E-state index contributed by atoms with van der Waals surface area (Å²) in [6, 6.07) is 10.6. The molecule has 0 unspecified atom stereocenters. The van der Waals surface area contributed by atoms with E-state index in [0.29, 0.717) is 11.4 Å². The van der Waals surface area contributed by atoms with Crippen LogP contribution in [0, 0.1) is 0 Å². The van der Waals surface area contributed by atoms with Crippen molar-refractivity contribution in [2.24, 2.45) is 0 Å². The van der Waals surface area contributed by atoms with Gasteiger partial charge in [-0.15, -0.1) is 0 Å². The van der Waals surface area contributed by atoms with Gasteiger partial charge < -0.3 is 10.1 Å². The van der Waals surface area contributed by atoms with Gasteiger partial charge in [-0.1, -0.05) is 29.3 Å². The fourth-order valence-corrected chi connectivity index (χ4v) is 2.29. The van der Waals surface area contributed by atoms with E-state index in [4.69, 9.17) is 27.9 Å². The van der Waals surface area contributed by atoms with Gasteiger partial charge >= 0.3 is 6.03 Å². The van der Waals surface area contributed by atoms with Crippen molar-refractivity contribution in [3.63, 3.8) is 0 Å². The van der Waals surface area contributed by atoms with E-state index >= 15 is 0 Å². The quantitative estimate of drug-likeness (QED) is 0.889. The summed E-state index contributed by atoms with van der Waals surface area (Å²) in [6.45, 7) is 0. The number of methoxy groups -OCH3 is 1. The normalized spacial score (nSPS) is 9.95. The Hall–Kier alpha value is -2.24. The number of carbonyl (C=O) groups is 2. The van der Waals surface area contributed by atoms with Gasteiger partial charge in [-0.05, 0) is 36.4 Å². The molecule has 0 aliphatic carbocycles. The van der Waals surface area contributed by atoms with Crippen LogP contribution in [-0.4, -0.2) is 19.0 Å². The van der Waals surface area contributed by atoms with Crippen LogP contribution in [-0.2, 0) is 0 Å². The summed E-state index contributed by atoms with van der Waals surface area (Å²) < 4.78 is 5.01. The molecule has 0 saturated heterocycles. The molecule has 0 aliphatic rings. The number of nitrogens with one attached hydrogen (secondary N) is 2. The topological polar surface area (TPSA) is 67.4 Å². The number of anilines is 1. The van der Waals surface area contributed by atoms with Gasteiger partial charge in [0.2, 0.25) is 0 Å². The molecule has 2 rings (SSSR count). The standard InChI is InChI=1S/C15H12Cl2N2O3/c1-22-10-7-5-9(6-8-10)18-15(21)19-14(20)13-11(16)3-2-4-12(13)17/h2-8H,1H3,(H2,18,19,20,21). The zero-order chi connectivity index (χ0) is 16.1. The van der Waals surface area contributed by atoms with Crippen molar-refractivity contribution in [3.05, 3.63) is 58.1 Å². The fourth-order valence-electron chi connectivity index (χ4n) is 1.72. The number of imide groups is 1. The van der Waals surface area contributed by atoms with Crippen LogP contribution in [0.3, 0.4) is 0 Å². The molecule has 3 amide bonds. The predicted molar refractivity (Wildman–Crippen MR) is 85.9 cm³/mol. The lowest BCUT2D eigenvalue weighted by atomic mass is 10.2. The van der Waals surface area contributed by atoms with Crippen LogP contribution in [0.5, 0.6) is 5.75 Å². The lowest BCUT2D eigenvalue weighted by Crippen LogP contribution is -2.34. The van der Waals surface area contributed by atoms with Crippen LogP contribution in [0.25, 0.3) is 0 Å². The smallest absolute Gasteiger partial charge is 0.326 e. The summed E-state index contributed by atoms with van der Waals surface area (Å²) in [5.74, 6) is -0.0218. The first-order valence-electron chi connectivity index (χ1n) is 6.21. The van der Waals surface area contributed by atoms with Gasteiger partial charge in [0, 0.05) is 5.69 Å². The van der Waals surface area contributed by atoms with Gasteiger partial charge in [0.25, 0.3) is 5.91 Å². The van der Waals surface area contributed by atoms with Gasteiger partial charge in [-0.25, -0.2) is 4.79 Å². The molecule has 2 aromatic rings. The monoisotopic (exact) mass is 338 g/mol. The highest BCUT2D eigenvalue weighted by molar-refractivity contribution is 6.40. The Bertz CT molecular complexity index is 682. The molecule has 0 spiro atoms. The molecule has 5 nitrogen and oxygen atoms in total. The Morgan fingerprint density at radius 2 is 1.59 bits per heavy atom. The minimum absolute atomic E-state index is 0.0516. The van der Waals surface area contributed by atoms with Gasteiger partial charge in [-0.2, -0.15) is 0 Å². The van der Waals surface area contributed by atoms with E-state index in [-0.39, 0.29) is 15.6 Å². The van der Waals surface area contributed by atoms with E-state index in [1.807, 2.05) is 0 Å². The number of benzene rings is 2. The molecular formula is C15H12Cl2N2O3. The van der Waals surface area contributed by atoms with Crippen molar-refractivity contribution in [2.45, 2.75) is 0 Å². The van der Waals surface area contributed by atoms with Gasteiger partial charge in [-0.3, -0.25) is 10.1 Å². The second-order valence-electron chi connectivity index (χ2n) is 4.23. The lowest BCUT2D eigenvalue weighted by molar-refractivity contribution is 0.0967. The van der Waals surface area contributed by atoms with Crippen molar-refractivity contribution >= 4 is 40.8 Å². The van der Waals surface area contributed by atoms with E-state index in [1.165, 1.54) is 12.1 Å². The first-order valence-corrected chi connectivity index (χ1v) is 6.97. The third kappa shape index (κ3) is 3.90. The van der Waals surface area contributed by atoms with E-state index in [2.05, 4.69) is 10.6 Å². The molecule has 0 aromatic heterocycles. The molecule has 0 bridgehead atoms. The number of carbonyl (C=O) groups excluding carboxylic acids is 2. The van der Waals surface area contributed by atoms with Crippen LogP contribution in [0.4, 0.5) is 10.5 Å². The third-order valence-electron chi connectivity index (χ3n) is 2.76. The number of rotatable bonds is 3. The van der Waals surface area contributed by atoms with Gasteiger partial charge in [0.05, 0.1) is 22.7 Å². The summed E-state index contributed by atoms with van der Waals surface area (Å²) in [4.78, 5) is 23.8. The molecule has 22 heavy (non-hydrogen) atoms. The number of hydrogen-bond acceptors (Lipinski definition) is 3. The minimum atomic E-state index is -0.689. The van der Waals surface area contributed by atoms with Crippen LogP contribution >= 0.6 is 23.2 Å². The first-order chi connectivity index (χ1) is 10.5. The molecule has 114 valence electrons. The Kier molecular flexibility index (Phi) is 5.25. The molecule has 0 radical (unpaired) electrons. The highest BCUT2D eigenvalue weighted by Gasteiger charge is 2.17. The summed E-state index contributed by atoms with van der Waals surface area (Å²) in [7, 11) is 1.54. The molecular weight excluding hydrogens is 327 g/mol. The van der Waals surface area contributed by atoms with Crippen LogP contribution in [0.2, 0.25) is 10.0 Å². The second-order valence-corrected chi connectivity index (χ2v) is 5.05. The van der Waals surface area contributed by atoms with Crippen molar-refractivity contribution in [1.29, 1.82) is 0 Å². The van der Waals surface area contributed by atoms with Crippen LogP contribution in [0.1, 0.15) is 10.4 Å². The summed E-state index contributed by atoms with van der Waals surface area (Å²) in [5, 5.41) is 5.02. The summed E-state index contributed by atoms with van der Waals surface area (Å²) in [5.41, 5.74) is 0.562. The molecule has 2 aromatic carbocycles. The molecule has 0 aliphatic heterocycles. The van der Waals surface area contributed by atoms with Gasteiger partial charge in [0.15, 0.2) is 0 Å². The molecule has 2 N–H and O–H groups in total. The van der Waals surface area contributed by atoms with Crippen molar-refractivity contribution in [1.82, 2.24) is 5.32 Å². The first kappa shape index (κ1) is 16.1. The zero-order valence-corrected chi connectivity index (χ0v) is 13.0. The third-order valence-corrected chi connectivity index (χ3v) is 3.39. The van der Waals surface area contributed by atoms with Crippen LogP contribution < -0.4 is 15.4 Å². The van der Waals surface area contributed by atoms with Crippen molar-refractivity contribution in [2.75, 3.05) is 12.4 Å². The van der Waals surface area contributed by atoms with E-state index in [1.54, 1.807) is 37.4 Å². The minimum Gasteiger partial charge on any atom is -0.497 e. The maximum Gasteiger partial charge on any atom is 0.326 e. The Balaban J connectivity index is 2.03. The van der Waals surface area contributed by atoms with E-state index < -0.39 is 11.9 Å². The molecule has 7 heteroatoms. The highest BCUT2D eigenvalue weighted by atomic mass is 35.5. The second kappa shape index (κ2) is 7.15. The maximum atomic E-state index is 12.0. The average Bonchev–Trinajstić information content (AvgIpc) is 2.47. The van der Waals surface area contributed by atoms with E-state index in [0.717, 1.165) is 0 Å². The van der Waals surface area contributed by atoms with Gasteiger partial charge in [0.1, 0.15) is 5.75 Å². The average molecular weight is 339 g/mol. The molecule has 0 fully saturated rings. The maximum absolute atomic E-state index is 12.0. The number of ether oxygens (including phenoxy) is 1. The Morgan fingerprint density at radius 1 is 1.00 bits per heavy atom. The Morgan fingerprint density at radius 3 is 2.14 bits per heavy atom. The Labute approximate surface area is 137 Å². The lowest BCUT2D eigenvalue weighted by Gasteiger charge is -2.09. The number of hydrogen-bond donors (Lipinski definition) is 2. The van der Waals surface area contributed by atoms with Crippen molar-refractivity contribution < 1.29 is 14.3 Å². The highest BCUT2D eigenvalue weighted by Crippen LogP contribution is 2.24. The summed E-state index contributed by atoms with van der Waals surface area (Å²) in [6.07, 6.45) is 0. The zero-order valence-electron chi connectivity index (χ0n) is 11.5. The number of halogens is 2. The largest absolute Gasteiger partial charge is 0.497 e. The summed E-state index contributed by atoms with van der Waals surface area (Å²) >= 11 is 11.8. The fraction of sp³-hybridized carbons (Fsp3) is 0.0667. The SMILES string of the molecule is COc1ccc(NC(=O)NC(=O)c2c(Cl)cccc2Cl)cc1.